The minimum absolute atomic E-state index is 0.0401. The first-order chi connectivity index (χ1) is 13.2. The number of nitrogens with zero attached hydrogens (tertiary/aromatic N) is 1. The molecule has 1 fully saturated rings. The van der Waals surface area contributed by atoms with Crippen LogP contribution < -0.4 is 5.32 Å². The number of aryl methyl sites for hydroxylation is 2. The highest BCUT2D eigenvalue weighted by atomic mass is 35.5. The van der Waals surface area contributed by atoms with Crippen LogP contribution in [0, 0.1) is 19.8 Å². The number of rotatable bonds is 5. The maximum absolute atomic E-state index is 12.7. The van der Waals surface area contributed by atoms with Gasteiger partial charge in [0.2, 0.25) is 15.9 Å². The molecule has 0 spiro atoms. The van der Waals surface area contributed by atoms with E-state index in [1.54, 1.807) is 24.3 Å². The minimum atomic E-state index is -3.41. The van der Waals surface area contributed by atoms with Crippen molar-refractivity contribution in [1.29, 1.82) is 0 Å². The van der Waals surface area contributed by atoms with Gasteiger partial charge in [-0.15, -0.1) is 0 Å². The van der Waals surface area contributed by atoms with E-state index in [4.69, 9.17) is 11.6 Å². The van der Waals surface area contributed by atoms with Crippen molar-refractivity contribution in [2.24, 2.45) is 5.92 Å². The summed E-state index contributed by atoms with van der Waals surface area (Å²) in [4.78, 5) is 12.6. The maximum atomic E-state index is 12.7. The van der Waals surface area contributed by atoms with E-state index in [0.29, 0.717) is 36.5 Å². The van der Waals surface area contributed by atoms with Crippen molar-refractivity contribution in [2.45, 2.75) is 32.4 Å². The van der Waals surface area contributed by atoms with Crippen LogP contribution in [-0.4, -0.2) is 31.7 Å². The Kier molecular flexibility index (Phi) is 6.43. The highest BCUT2D eigenvalue weighted by Crippen LogP contribution is 2.24. The molecule has 3 rings (SSSR count). The fourth-order valence-corrected chi connectivity index (χ4v) is 5.16. The van der Waals surface area contributed by atoms with Crippen LogP contribution in [0.2, 0.25) is 5.02 Å². The second-order valence-corrected chi connectivity index (χ2v) is 9.77. The van der Waals surface area contributed by atoms with Crippen LogP contribution >= 0.6 is 11.6 Å². The summed E-state index contributed by atoms with van der Waals surface area (Å²) in [6.45, 7) is 4.70. The van der Waals surface area contributed by atoms with Crippen molar-refractivity contribution in [3.8, 4) is 0 Å². The lowest BCUT2D eigenvalue weighted by Gasteiger charge is -2.30. The topological polar surface area (TPSA) is 66.5 Å². The van der Waals surface area contributed by atoms with Gasteiger partial charge in [-0.25, -0.2) is 12.7 Å². The third-order valence-corrected chi connectivity index (χ3v) is 7.22. The van der Waals surface area contributed by atoms with E-state index in [9.17, 15) is 13.2 Å². The predicted molar refractivity (Wildman–Crippen MR) is 113 cm³/mol. The number of anilines is 1. The SMILES string of the molecule is Cc1ccc(NC(=O)C2CCN(S(=O)(=O)Cc3ccc(Cl)cc3)CC2)c(C)c1. The van der Waals surface area contributed by atoms with Gasteiger partial charge in [0.25, 0.3) is 0 Å². The molecule has 1 heterocycles. The highest BCUT2D eigenvalue weighted by molar-refractivity contribution is 7.88. The van der Waals surface area contributed by atoms with Gasteiger partial charge >= 0.3 is 0 Å². The molecule has 0 atom stereocenters. The second-order valence-electron chi connectivity index (χ2n) is 7.36. The van der Waals surface area contributed by atoms with Gasteiger partial charge in [0, 0.05) is 29.7 Å². The molecule has 150 valence electrons. The summed E-state index contributed by atoms with van der Waals surface area (Å²) in [7, 11) is -3.41. The predicted octanol–water partition coefficient (Wildman–Crippen LogP) is 4.14. The molecule has 1 aliphatic rings. The Morgan fingerprint density at radius 1 is 1.11 bits per heavy atom. The molecule has 0 unspecified atom stereocenters. The number of halogens is 1. The number of benzene rings is 2. The van der Waals surface area contributed by atoms with Gasteiger partial charge in [0.05, 0.1) is 5.75 Å². The van der Waals surface area contributed by atoms with Crippen molar-refractivity contribution in [3.63, 3.8) is 0 Å². The summed E-state index contributed by atoms with van der Waals surface area (Å²) >= 11 is 5.85. The van der Waals surface area contributed by atoms with E-state index in [1.807, 2.05) is 32.0 Å². The quantitative estimate of drug-likeness (QED) is 0.790. The van der Waals surface area contributed by atoms with Crippen molar-refractivity contribution < 1.29 is 13.2 Å². The Balaban J connectivity index is 1.57. The van der Waals surface area contributed by atoms with Crippen molar-refractivity contribution in [1.82, 2.24) is 4.31 Å². The molecule has 2 aromatic rings. The van der Waals surface area contributed by atoms with Crippen LogP contribution in [0.15, 0.2) is 42.5 Å². The van der Waals surface area contributed by atoms with Gasteiger partial charge in [-0.2, -0.15) is 0 Å². The number of amides is 1. The molecule has 5 nitrogen and oxygen atoms in total. The first kappa shape index (κ1) is 20.8. The highest BCUT2D eigenvalue weighted by Gasteiger charge is 2.31. The summed E-state index contributed by atoms with van der Waals surface area (Å²) in [6.07, 6.45) is 1.05. The summed E-state index contributed by atoms with van der Waals surface area (Å²) in [5.41, 5.74) is 3.69. The van der Waals surface area contributed by atoms with Gasteiger partial charge in [0.1, 0.15) is 0 Å². The summed E-state index contributed by atoms with van der Waals surface area (Å²) in [5, 5.41) is 3.57. The Morgan fingerprint density at radius 2 is 1.75 bits per heavy atom. The molecule has 2 aromatic carbocycles. The number of hydrogen-bond donors (Lipinski definition) is 1. The van der Waals surface area contributed by atoms with Crippen molar-refractivity contribution in [2.75, 3.05) is 18.4 Å². The fraction of sp³-hybridized carbons (Fsp3) is 0.381. The largest absolute Gasteiger partial charge is 0.326 e. The second kappa shape index (κ2) is 8.64. The number of piperidine rings is 1. The van der Waals surface area contributed by atoms with Crippen LogP contribution in [0.1, 0.15) is 29.5 Å². The number of sulfonamides is 1. The number of nitrogens with one attached hydrogen (secondary N) is 1. The number of hydrogen-bond acceptors (Lipinski definition) is 3. The number of carbonyl (C=O) groups excluding carboxylic acids is 1. The van der Waals surface area contributed by atoms with E-state index in [2.05, 4.69) is 5.32 Å². The lowest BCUT2D eigenvalue weighted by Crippen LogP contribution is -2.41. The van der Waals surface area contributed by atoms with Gasteiger partial charge in [-0.05, 0) is 56.0 Å². The molecule has 1 aliphatic heterocycles. The van der Waals surface area contributed by atoms with Crippen molar-refractivity contribution >= 4 is 33.2 Å². The average Bonchev–Trinajstić information content (AvgIpc) is 2.66. The monoisotopic (exact) mass is 420 g/mol. The zero-order valence-electron chi connectivity index (χ0n) is 16.1. The Hall–Kier alpha value is -1.89. The molecule has 7 heteroatoms. The minimum Gasteiger partial charge on any atom is -0.326 e. The zero-order chi connectivity index (χ0) is 20.3. The molecule has 1 N–H and O–H groups in total. The van der Waals surface area contributed by atoms with Gasteiger partial charge in [0.15, 0.2) is 0 Å². The van der Waals surface area contributed by atoms with Gasteiger partial charge < -0.3 is 5.32 Å². The molecule has 0 saturated carbocycles. The van der Waals surface area contributed by atoms with Crippen molar-refractivity contribution in [3.05, 3.63) is 64.2 Å². The molecule has 0 radical (unpaired) electrons. The molecular formula is C21H25ClN2O3S. The van der Waals surface area contributed by atoms with E-state index < -0.39 is 10.0 Å². The van der Waals surface area contributed by atoms with E-state index in [1.165, 1.54) is 4.31 Å². The third-order valence-electron chi connectivity index (χ3n) is 5.12. The summed E-state index contributed by atoms with van der Waals surface area (Å²) in [5.74, 6) is -0.270. The zero-order valence-corrected chi connectivity index (χ0v) is 17.7. The van der Waals surface area contributed by atoms with Crippen LogP contribution in [0.4, 0.5) is 5.69 Å². The average molecular weight is 421 g/mol. The normalized spacial score (nSPS) is 16.1. The first-order valence-electron chi connectivity index (χ1n) is 9.35. The maximum Gasteiger partial charge on any atom is 0.227 e. The lowest BCUT2D eigenvalue weighted by molar-refractivity contribution is -0.120. The Bertz CT molecular complexity index is 950. The molecule has 0 aromatic heterocycles. The third kappa shape index (κ3) is 5.13. The van der Waals surface area contributed by atoms with E-state index in [0.717, 1.165) is 16.8 Å². The standard InChI is InChI=1S/C21H25ClN2O3S/c1-15-3-8-20(16(2)13-15)23-21(25)18-9-11-24(12-10-18)28(26,27)14-17-4-6-19(22)7-5-17/h3-8,13,18H,9-12,14H2,1-2H3,(H,23,25). The van der Waals surface area contributed by atoms with Crippen LogP contribution in [0.3, 0.4) is 0 Å². The molecular weight excluding hydrogens is 396 g/mol. The first-order valence-corrected chi connectivity index (χ1v) is 11.3. The lowest BCUT2D eigenvalue weighted by atomic mass is 9.97. The Labute approximate surface area is 171 Å². The molecule has 0 bridgehead atoms. The van der Waals surface area contributed by atoms with Gasteiger partial charge in [-0.3, -0.25) is 4.79 Å². The number of carbonyl (C=O) groups is 1. The van der Waals surface area contributed by atoms with E-state index in [-0.39, 0.29) is 17.6 Å². The van der Waals surface area contributed by atoms with Crippen LogP contribution in [0.5, 0.6) is 0 Å². The fourth-order valence-electron chi connectivity index (χ4n) is 3.47. The van der Waals surface area contributed by atoms with Crippen LogP contribution in [0.25, 0.3) is 0 Å². The smallest absolute Gasteiger partial charge is 0.227 e. The van der Waals surface area contributed by atoms with E-state index >= 15 is 0 Å². The molecule has 0 aliphatic carbocycles. The Morgan fingerprint density at radius 3 is 2.36 bits per heavy atom. The van der Waals surface area contributed by atoms with Gasteiger partial charge in [-0.1, -0.05) is 41.4 Å². The summed E-state index contributed by atoms with van der Waals surface area (Å²) in [6, 6.07) is 12.7. The molecule has 28 heavy (non-hydrogen) atoms. The molecule has 1 saturated heterocycles. The summed E-state index contributed by atoms with van der Waals surface area (Å²) < 4.78 is 26.8. The van der Waals surface area contributed by atoms with Crippen LogP contribution in [-0.2, 0) is 20.6 Å². The molecule has 1 amide bonds.